The average molecular weight is 318 g/mol. The number of carboxylic acid groups (broad SMARTS) is 1. The zero-order chi connectivity index (χ0) is 12.5. The summed E-state index contributed by atoms with van der Waals surface area (Å²) in [6.45, 7) is 1.81. The summed E-state index contributed by atoms with van der Waals surface area (Å²) in [6.07, 6.45) is 5.74. The molecule has 0 aliphatic heterocycles. The predicted molar refractivity (Wildman–Crippen MR) is 49.4 cm³/mol. The van der Waals surface area contributed by atoms with Crippen LogP contribution in [-0.2, 0) is 24.1 Å². The number of hydrogen-bond donors (Lipinski definition) is 1. The number of allylic oxidation sites excluding steroid dienone is 3. The van der Waals surface area contributed by atoms with Crippen LogP contribution in [0.5, 0.6) is 0 Å². The first kappa shape index (κ1) is 27.0. The van der Waals surface area contributed by atoms with Crippen molar-refractivity contribution < 1.29 is 113 Å². The molecule has 1 atom stereocenters. The van der Waals surface area contributed by atoms with Gasteiger partial charge in [0.2, 0.25) is 9.15 Å². The van der Waals surface area contributed by atoms with Crippen molar-refractivity contribution in [1.82, 2.24) is 0 Å². The van der Waals surface area contributed by atoms with Crippen LogP contribution in [0.4, 0.5) is 0 Å². The van der Waals surface area contributed by atoms with Crippen LogP contribution in [0, 0.1) is 0 Å². The molecule has 7 nitrogen and oxygen atoms in total. The van der Waals surface area contributed by atoms with E-state index in [1.165, 1.54) is 6.08 Å². The van der Waals surface area contributed by atoms with Crippen molar-refractivity contribution in [1.29, 1.82) is 0 Å². The number of carbonyl (C=O) groups excluding carboxylic acids is 1. The van der Waals surface area contributed by atoms with Crippen molar-refractivity contribution in [2.45, 2.75) is 6.92 Å². The van der Waals surface area contributed by atoms with Crippen molar-refractivity contribution in [2.24, 2.45) is 0 Å². The minimum Gasteiger partial charge on any atom is -0.736 e. The number of carbonyl (C=O) groups is 1. The van der Waals surface area contributed by atoms with Gasteiger partial charge in [0.15, 0.2) is 0 Å². The molecular weight excluding hydrogens is 310 g/mol. The van der Waals surface area contributed by atoms with Gasteiger partial charge in [-0.25, -0.2) is 12.6 Å². The maximum absolute atomic E-state index is 9.64. The Morgan fingerprint density at radius 1 is 1.35 bits per heavy atom. The average Bonchev–Trinajstić information content (AvgIpc) is 2.03. The van der Waals surface area contributed by atoms with Crippen molar-refractivity contribution >= 4 is 25.2 Å². The number of hydrogen-bond acceptors (Lipinski definition) is 6. The normalized spacial score (nSPS) is 11.9. The molecule has 0 amide bonds. The van der Waals surface area contributed by atoms with Crippen LogP contribution < -0.4 is 86.0 Å². The molecule has 0 aliphatic rings. The van der Waals surface area contributed by atoms with Gasteiger partial charge in [-0.1, -0.05) is 18.2 Å². The number of aliphatic carboxylic acids is 1. The van der Waals surface area contributed by atoms with Crippen molar-refractivity contribution in [3.8, 4) is 0 Å². The molecule has 0 aliphatic carbocycles. The molecule has 1 unspecified atom stereocenters. The zero-order valence-corrected chi connectivity index (χ0v) is 16.3. The van der Waals surface area contributed by atoms with Crippen LogP contribution in [0.3, 0.4) is 0 Å². The second-order valence-corrected chi connectivity index (χ2v) is 5.16. The first-order chi connectivity index (χ1) is 6.71. The monoisotopic (exact) mass is 318 g/mol. The maximum Gasteiger partial charge on any atom is 1.00 e. The second-order valence-electron chi connectivity index (χ2n) is 1.83. The van der Waals surface area contributed by atoms with E-state index in [1.54, 1.807) is 19.1 Å². The summed E-state index contributed by atoms with van der Waals surface area (Å²) in [5.41, 5.74) is 0. The minimum absolute atomic E-state index is 0. The molecule has 0 aromatic carbocycles. The Kier molecular flexibility index (Phi) is 24.9. The predicted octanol–water partition coefficient (Wildman–Crippen LogP) is -7.46. The van der Waals surface area contributed by atoms with Crippen LogP contribution in [0.1, 0.15) is 6.92 Å². The number of rotatable bonds is 3. The molecule has 0 saturated carbocycles. The molecule has 0 heterocycles. The van der Waals surface area contributed by atoms with Gasteiger partial charge in [0.05, 0.1) is 5.97 Å². The van der Waals surface area contributed by atoms with E-state index in [1.807, 2.05) is 0 Å². The Morgan fingerprint density at radius 3 is 1.88 bits per heavy atom. The Labute approximate surface area is 166 Å². The van der Waals surface area contributed by atoms with Crippen molar-refractivity contribution in [3.05, 3.63) is 24.3 Å². The van der Waals surface area contributed by atoms with Crippen molar-refractivity contribution in [2.75, 3.05) is 0 Å². The second kappa shape index (κ2) is 15.7. The molecule has 0 bridgehead atoms. The third-order valence-electron chi connectivity index (χ3n) is 0.710. The van der Waals surface area contributed by atoms with Gasteiger partial charge in [0.1, 0.15) is 0 Å². The smallest absolute Gasteiger partial charge is 0.736 e. The largest absolute Gasteiger partial charge is 1.00 e. The van der Waals surface area contributed by atoms with Gasteiger partial charge < -0.3 is 14.5 Å². The van der Waals surface area contributed by atoms with E-state index >= 15 is 0 Å². The third kappa shape index (κ3) is 27.0. The zero-order valence-electron chi connectivity index (χ0n) is 9.52. The molecule has 0 radical (unpaired) electrons. The van der Waals surface area contributed by atoms with E-state index in [0.29, 0.717) is 0 Å². The molecular formula is C6H8KNaO7S2. The Balaban J connectivity index is -0.0000000896. The molecule has 88 valence electrons. The molecule has 11 heteroatoms. The van der Waals surface area contributed by atoms with Gasteiger partial charge in [-0.05, 0) is 13.0 Å². The van der Waals surface area contributed by atoms with Gasteiger partial charge in [0.25, 0.3) is 10.1 Å². The Morgan fingerprint density at radius 2 is 1.71 bits per heavy atom. The topological polar surface area (TPSA) is 135 Å². The van der Waals surface area contributed by atoms with E-state index in [4.69, 9.17) is 4.55 Å². The number of carboxylic acids is 1. The summed E-state index contributed by atoms with van der Waals surface area (Å²) >= 11 is 0. The van der Waals surface area contributed by atoms with Gasteiger partial charge in [-0.3, -0.25) is 4.55 Å². The Hall–Kier alpha value is 1.61. The fourth-order valence-electron chi connectivity index (χ4n) is 0.245. The maximum atomic E-state index is 9.64. The molecule has 0 spiro atoms. The third-order valence-corrected chi connectivity index (χ3v) is 2.11. The molecule has 17 heavy (non-hydrogen) atoms. The van der Waals surface area contributed by atoms with Crippen molar-refractivity contribution in [3.63, 3.8) is 0 Å². The van der Waals surface area contributed by atoms with E-state index in [-0.39, 0.29) is 80.9 Å². The summed E-state index contributed by atoms with van der Waals surface area (Å²) in [7, 11) is -8.23. The molecule has 0 saturated heterocycles. The SMILES string of the molecule is C/C=C/C=C/C(=O)[O-].O=S(O)S(=O)(=O)[O-].[K+].[Na+]. The molecule has 0 fully saturated rings. The van der Waals surface area contributed by atoms with E-state index in [2.05, 4.69) is 0 Å². The minimum atomic E-state index is -4.96. The van der Waals surface area contributed by atoms with Gasteiger partial charge in [-0.15, -0.1) is 0 Å². The van der Waals surface area contributed by atoms with Crippen LogP contribution in [0.15, 0.2) is 24.3 Å². The van der Waals surface area contributed by atoms with Gasteiger partial charge in [-0.2, -0.15) is 0 Å². The quantitative estimate of drug-likeness (QED) is 0.136. The van der Waals surface area contributed by atoms with Gasteiger partial charge >= 0.3 is 80.9 Å². The van der Waals surface area contributed by atoms with Crippen LogP contribution >= 0.6 is 0 Å². The van der Waals surface area contributed by atoms with Crippen LogP contribution in [0.25, 0.3) is 0 Å². The Bertz CT molecular complexity index is 376. The summed E-state index contributed by atoms with van der Waals surface area (Å²) in [6, 6.07) is 0. The molecule has 1 N–H and O–H groups in total. The fraction of sp³-hybridized carbons (Fsp3) is 0.167. The standard InChI is InChI=1S/C6H8O2.K.Na.H2O5S2/c1-2-3-4-5-6(7)8;;;1-6(2)7(3,4)5/h2-5H,1H3,(H,7,8);;;(H,1,2)(H,3,4,5)/q;2*+1;/p-2/b3-2+,5-4+;;;. The molecule has 0 rings (SSSR count). The van der Waals surface area contributed by atoms with Gasteiger partial charge in [0, 0.05) is 0 Å². The summed E-state index contributed by atoms with van der Waals surface area (Å²) in [5, 5.41) is 9.64. The summed E-state index contributed by atoms with van der Waals surface area (Å²) in [5.74, 6) is -1.16. The summed E-state index contributed by atoms with van der Waals surface area (Å²) in [4.78, 5) is 9.64. The summed E-state index contributed by atoms with van der Waals surface area (Å²) < 4.78 is 44.4. The molecule has 0 aromatic rings. The van der Waals surface area contributed by atoms with E-state index in [9.17, 15) is 27.1 Å². The van der Waals surface area contributed by atoms with E-state index in [0.717, 1.165) is 6.08 Å². The van der Waals surface area contributed by atoms with Crippen LogP contribution in [0.2, 0.25) is 0 Å². The first-order valence-corrected chi connectivity index (χ1v) is 6.32. The van der Waals surface area contributed by atoms with Crippen LogP contribution in [-0.4, -0.2) is 27.7 Å². The molecule has 0 aromatic heterocycles. The first-order valence-electron chi connectivity index (χ1n) is 3.29. The van der Waals surface area contributed by atoms with E-state index < -0.39 is 25.2 Å². The fourth-order valence-corrected chi connectivity index (χ4v) is 0.245.